The van der Waals surface area contributed by atoms with E-state index in [-0.39, 0.29) is 23.6 Å². The van der Waals surface area contributed by atoms with Crippen LogP contribution >= 0.6 is 0 Å². The summed E-state index contributed by atoms with van der Waals surface area (Å²) in [6.07, 6.45) is 1.01. The number of carbonyl (C=O) groups excluding carboxylic acids is 2. The van der Waals surface area contributed by atoms with Crippen molar-refractivity contribution in [1.29, 1.82) is 0 Å². The molecule has 0 saturated carbocycles. The summed E-state index contributed by atoms with van der Waals surface area (Å²) in [6.45, 7) is 4.89. The van der Waals surface area contributed by atoms with Crippen LogP contribution in [0.15, 0.2) is 24.3 Å². The van der Waals surface area contributed by atoms with Crippen molar-refractivity contribution in [2.24, 2.45) is 5.41 Å². The van der Waals surface area contributed by atoms with Gasteiger partial charge in [-0.3, -0.25) is 9.52 Å². The summed E-state index contributed by atoms with van der Waals surface area (Å²) in [5, 5.41) is 0. The molecule has 0 unspecified atom stereocenters. The fraction of sp³-hybridized carbons (Fsp3) is 0.429. The molecule has 0 saturated heterocycles. The van der Waals surface area contributed by atoms with Gasteiger partial charge in [0, 0.05) is 11.1 Å². The van der Waals surface area contributed by atoms with Crippen LogP contribution in [0.1, 0.15) is 31.1 Å². The lowest BCUT2D eigenvalue weighted by molar-refractivity contribution is -0.129. The summed E-state index contributed by atoms with van der Waals surface area (Å²) in [5.41, 5.74) is -0.153. The lowest BCUT2D eigenvalue weighted by atomic mass is 9.91. The third-order valence-electron chi connectivity index (χ3n) is 2.57. The molecule has 1 N–H and O–H groups in total. The number of anilines is 1. The molecule has 0 amide bonds. The zero-order valence-corrected chi connectivity index (χ0v) is 13.3. The van der Waals surface area contributed by atoms with Gasteiger partial charge in [0.2, 0.25) is 10.0 Å². The number of hydrogen-bond donors (Lipinski definition) is 1. The van der Waals surface area contributed by atoms with Crippen molar-refractivity contribution in [2.75, 3.05) is 17.6 Å². The molecule has 0 heterocycles. The summed E-state index contributed by atoms with van der Waals surface area (Å²) in [5.74, 6) is -0.869. The van der Waals surface area contributed by atoms with Gasteiger partial charge in [-0.1, -0.05) is 26.8 Å². The van der Waals surface area contributed by atoms with Crippen LogP contribution in [0.2, 0.25) is 0 Å². The van der Waals surface area contributed by atoms with E-state index in [0.717, 1.165) is 6.26 Å². The highest BCUT2D eigenvalue weighted by Crippen LogP contribution is 2.16. The smallest absolute Gasteiger partial charge is 0.338 e. The van der Waals surface area contributed by atoms with E-state index >= 15 is 0 Å². The number of nitrogens with one attached hydrogen (secondary N) is 1. The van der Waals surface area contributed by atoms with Crippen molar-refractivity contribution in [3.8, 4) is 0 Å². The number of rotatable bonds is 5. The van der Waals surface area contributed by atoms with Crippen LogP contribution in [0, 0.1) is 5.41 Å². The molecule has 7 heteroatoms. The highest BCUT2D eigenvalue weighted by Gasteiger charge is 2.22. The molecule has 1 aromatic carbocycles. The zero-order valence-electron chi connectivity index (χ0n) is 12.5. The van der Waals surface area contributed by atoms with E-state index in [4.69, 9.17) is 4.74 Å². The van der Waals surface area contributed by atoms with E-state index < -0.39 is 21.4 Å². The Hall–Kier alpha value is -1.89. The number of esters is 1. The predicted molar refractivity (Wildman–Crippen MR) is 79.7 cm³/mol. The Morgan fingerprint density at radius 2 is 1.86 bits per heavy atom. The summed E-state index contributed by atoms with van der Waals surface area (Å²) in [7, 11) is -3.42. The van der Waals surface area contributed by atoms with Gasteiger partial charge in [-0.25, -0.2) is 13.2 Å². The molecular formula is C14H19NO5S. The number of benzene rings is 1. The second-order valence-electron chi connectivity index (χ2n) is 5.70. The topological polar surface area (TPSA) is 89.5 Å². The second kappa shape index (κ2) is 6.26. The highest BCUT2D eigenvalue weighted by atomic mass is 32.2. The van der Waals surface area contributed by atoms with Gasteiger partial charge >= 0.3 is 5.97 Å². The van der Waals surface area contributed by atoms with Crippen LogP contribution in [0.5, 0.6) is 0 Å². The van der Waals surface area contributed by atoms with E-state index in [0.29, 0.717) is 0 Å². The Labute approximate surface area is 124 Å². The maximum atomic E-state index is 11.8. The average Bonchev–Trinajstić information content (AvgIpc) is 2.32. The molecule has 0 spiro atoms. The number of hydrogen-bond acceptors (Lipinski definition) is 5. The monoisotopic (exact) mass is 313 g/mol. The van der Waals surface area contributed by atoms with Crippen molar-refractivity contribution in [3.63, 3.8) is 0 Å². The first-order valence-electron chi connectivity index (χ1n) is 6.27. The van der Waals surface area contributed by atoms with Crippen LogP contribution in [0.3, 0.4) is 0 Å². The largest absolute Gasteiger partial charge is 0.454 e. The molecule has 21 heavy (non-hydrogen) atoms. The van der Waals surface area contributed by atoms with Crippen molar-refractivity contribution in [2.45, 2.75) is 20.8 Å². The minimum absolute atomic E-state index is 0.172. The van der Waals surface area contributed by atoms with Gasteiger partial charge < -0.3 is 4.74 Å². The molecule has 0 aliphatic rings. The zero-order chi connectivity index (χ0) is 16.3. The number of sulfonamides is 1. The minimum atomic E-state index is -3.42. The maximum Gasteiger partial charge on any atom is 0.338 e. The van der Waals surface area contributed by atoms with Crippen LogP contribution < -0.4 is 4.72 Å². The average molecular weight is 313 g/mol. The first-order valence-corrected chi connectivity index (χ1v) is 8.16. The third kappa shape index (κ3) is 5.95. The van der Waals surface area contributed by atoms with Crippen LogP contribution in [0.4, 0.5) is 5.69 Å². The number of carbonyl (C=O) groups is 2. The van der Waals surface area contributed by atoms with Crippen molar-refractivity contribution >= 4 is 27.5 Å². The Balaban J connectivity index is 2.75. The van der Waals surface area contributed by atoms with E-state index in [2.05, 4.69) is 4.72 Å². The van der Waals surface area contributed by atoms with Crippen molar-refractivity contribution in [3.05, 3.63) is 29.8 Å². The van der Waals surface area contributed by atoms with Gasteiger partial charge in [-0.2, -0.15) is 0 Å². The van der Waals surface area contributed by atoms with E-state index in [1.54, 1.807) is 20.8 Å². The van der Waals surface area contributed by atoms with Crippen LogP contribution in [0.25, 0.3) is 0 Å². The van der Waals surface area contributed by atoms with Gasteiger partial charge in [0.1, 0.15) is 0 Å². The summed E-state index contributed by atoms with van der Waals surface area (Å²) in [4.78, 5) is 23.5. The van der Waals surface area contributed by atoms with Gasteiger partial charge in [-0.05, 0) is 18.2 Å². The first kappa shape index (κ1) is 17.2. The Morgan fingerprint density at radius 3 is 2.38 bits per heavy atom. The van der Waals surface area contributed by atoms with E-state index in [1.165, 1.54) is 24.3 Å². The fourth-order valence-electron chi connectivity index (χ4n) is 1.35. The maximum absolute atomic E-state index is 11.8. The lowest BCUT2D eigenvalue weighted by Crippen LogP contribution is -2.26. The van der Waals surface area contributed by atoms with Gasteiger partial charge in [0.05, 0.1) is 11.8 Å². The van der Waals surface area contributed by atoms with E-state index in [9.17, 15) is 18.0 Å². The van der Waals surface area contributed by atoms with Gasteiger partial charge in [0.25, 0.3) is 0 Å². The second-order valence-corrected chi connectivity index (χ2v) is 7.45. The van der Waals surface area contributed by atoms with Crippen LogP contribution in [-0.2, 0) is 19.6 Å². The molecular weight excluding hydrogens is 294 g/mol. The Kier molecular flexibility index (Phi) is 5.11. The molecule has 116 valence electrons. The molecule has 0 aromatic heterocycles. The molecule has 1 aromatic rings. The van der Waals surface area contributed by atoms with Gasteiger partial charge in [-0.15, -0.1) is 0 Å². The third-order valence-corrected chi connectivity index (χ3v) is 3.18. The molecule has 0 aliphatic carbocycles. The molecule has 6 nitrogen and oxygen atoms in total. The highest BCUT2D eigenvalue weighted by molar-refractivity contribution is 7.92. The summed E-state index contributed by atoms with van der Waals surface area (Å²) < 4.78 is 29.5. The normalized spacial score (nSPS) is 11.8. The van der Waals surface area contributed by atoms with Gasteiger partial charge in [0.15, 0.2) is 12.4 Å². The number of ketones is 1. The SMILES string of the molecule is CC(C)(C)C(=O)COC(=O)c1cccc(NS(C)(=O)=O)c1. The van der Waals surface area contributed by atoms with Crippen LogP contribution in [-0.4, -0.2) is 33.0 Å². The van der Waals surface area contributed by atoms with Crippen molar-refractivity contribution in [1.82, 2.24) is 0 Å². The Bertz CT molecular complexity index is 644. The number of ether oxygens (including phenoxy) is 1. The summed E-state index contributed by atoms with van der Waals surface area (Å²) in [6, 6.07) is 5.87. The quantitative estimate of drug-likeness (QED) is 0.838. The molecule has 0 fully saturated rings. The number of Topliss-reactive ketones (excluding diaryl/α,β-unsaturated/α-hetero) is 1. The molecule has 0 atom stereocenters. The Morgan fingerprint density at radius 1 is 1.24 bits per heavy atom. The minimum Gasteiger partial charge on any atom is -0.454 e. The molecule has 1 rings (SSSR count). The molecule has 0 radical (unpaired) electrons. The lowest BCUT2D eigenvalue weighted by Gasteiger charge is -2.16. The van der Waals surface area contributed by atoms with E-state index in [1.807, 2.05) is 0 Å². The summed E-state index contributed by atoms with van der Waals surface area (Å²) >= 11 is 0. The standard InChI is InChI=1S/C14H19NO5S/c1-14(2,3)12(16)9-20-13(17)10-6-5-7-11(8-10)15-21(4,18)19/h5-8,15H,9H2,1-4H3. The van der Waals surface area contributed by atoms with Crippen molar-refractivity contribution < 1.29 is 22.7 Å². The fourth-order valence-corrected chi connectivity index (χ4v) is 1.91. The predicted octanol–water partition coefficient (Wildman–Crippen LogP) is 1.83. The molecule has 0 aliphatic heterocycles. The first-order chi connectivity index (χ1) is 9.49. The molecule has 0 bridgehead atoms.